The highest BCUT2D eigenvalue weighted by Gasteiger charge is 2.23. The van der Waals surface area contributed by atoms with Gasteiger partial charge in [0, 0.05) is 6.54 Å². The number of carbonyl (C=O) groups is 1. The van der Waals surface area contributed by atoms with Crippen LogP contribution in [-0.2, 0) is 6.42 Å². The number of benzene rings is 3. The number of para-hydroxylation sites is 2. The van der Waals surface area contributed by atoms with Gasteiger partial charge >= 0.3 is 0 Å². The van der Waals surface area contributed by atoms with Crippen LogP contribution in [0.5, 0.6) is 0 Å². The molecule has 2 heterocycles. The Balaban J connectivity index is 1.54. The summed E-state index contributed by atoms with van der Waals surface area (Å²) in [5.74, 6) is -0.0982. The number of hydrogen-bond donors (Lipinski definition) is 2. The summed E-state index contributed by atoms with van der Waals surface area (Å²) in [5, 5.41) is 7.54. The highest BCUT2D eigenvalue weighted by Crippen LogP contribution is 2.27. The van der Waals surface area contributed by atoms with E-state index in [0.29, 0.717) is 35.2 Å². The first-order valence-corrected chi connectivity index (χ1v) is 11.1. The third-order valence-electron chi connectivity index (χ3n) is 5.61. The standard InChI is InChI=1S/C27H24N6O/c1-18-8-7-11-20(16-18)17-30-33-25(28)23(27(34)29-15-14-19-9-3-2-4-10-19)24-26(33)32-22-13-6-5-12-21(22)31-24/h2-13,16-17H,14-15,28H2,1H3,(H,29,34)/b30-17-. The van der Waals surface area contributed by atoms with Crippen LogP contribution in [0.1, 0.15) is 27.0 Å². The first kappa shape index (κ1) is 21.3. The van der Waals surface area contributed by atoms with E-state index in [1.807, 2.05) is 85.8 Å². The SMILES string of the molecule is Cc1cccc(/C=N\n2c(N)c(C(=O)NCCc3ccccc3)c3nc4ccccc4nc32)c1. The lowest BCUT2D eigenvalue weighted by Gasteiger charge is -2.05. The van der Waals surface area contributed by atoms with E-state index in [9.17, 15) is 4.79 Å². The molecule has 3 N–H and O–H groups in total. The Labute approximate surface area is 197 Å². The third kappa shape index (κ3) is 4.23. The van der Waals surface area contributed by atoms with Gasteiger partial charge < -0.3 is 11.1 Å². The summed E-state index contributed by atoms with van der Waals surface area (Å²) in [7, 11) is 0. The number of aromatic nitrogens is 3. The fourth-order valence-electron chi connectivity index (χ4n) is 3.92. The number of nitrogens with two attached hydrogens (primary N) is 1. The molecule has 0 radical (unpaired) electrons. The Morgan fingerprint density at radius 2 is 1.74 bits per heavy atom. The summed E-state index contributed by atoms with van der Waals surface area (Å²) in [6, 6.07) is 25.5. The van der Waals surface area contributed by atoms with Crippen molar-refractivity contribution in [3.05, 3.63) is 101 Å². The van der Waals surface area contributed by atoms with E-state index in [-0.39, 0.29) is 17.3 Å². The number of carbonyl (C=O) groups excluding carboxylic acids is 1. The van der Waals surface area contributed by atoms with Gasteiger partial charge in [0.25, 0.3) is 5.91 Å². The van der Waals surface area contributed by atoms with Gasteiger partial charge in [-0.2, -0.15) is 9.78 Å². The van der Waals surface area contributed by atoms with Crippen molar-refractivity contribution in [1.82, 2.24) is 20.0 Å². The largest absolute Gasteiger partial charge is 0.383 e. The van der Waals surface area contributed by atoms with Gasteiger partial charge in [-0.25, -0.2) is 9.97 Å². The normalized spacial score (nSPS) is 11.4. The van der Waals surface area contributed by atoms with E-state index in [1.54, 1.807) is 6.21 Å². The molecule has 0 atom stereocenters. The van der Waals surface area contributed by atoms with Crippen LogP contribution in [0.15, 0.2) is 84.0 Å². The van der Waals surface area contributed by atoms with Crippen LogP contribution in [0.4, 0.5) is 5.82 Å². The van der Waals surface area contributed by atoms with Crippen molar-refractivity contribution in [2.75, 3.05) is 12.3 Å². The third-order valence-corrected chi connectivity index (χ3v) is 5.61. The number of aryl methyl sites for hydroxylation is 1. The van der Waals surface area contributed by atoms with Crippen LogP contribution >= 0.6 is 0 Å². The molecule has 1 amide bonds. The van der Waals surface area contributed by atoms with Crippen molar-refractivity contribution in [3.8, 4) is 0 Å². The van der Waals surface area contributed by atoms with Crippen LogP contribution in [0.2, 0.25) is 0 Å². The number of nitrogen functional groups attached to an aromatic ring is 1. The first-order chi connectivity index (χ1) is 16.6. The fourth-order valence-corrected chi connectivity index (χ4v) is 3.92. The summed E-state index contributed by atoms with van der Waals surface area (Å²) in [5.41, 5.74) is 12.2. The average molecular weight is 449 g/mol. The van der Waals surface area contributed by atoms with Gasteiger partial charge in [0.2, 0.25) is 0 Å². The molecule has 0 aliphatic heterocycles. The Morgan fingerprint density at radius 3 is 2.50 bits per heavy atom. The van der Waals surface area contributed by atoms with Crippen molar-refractivity contribution in [2.45, 2.75) is 13.3 Å². The van der Waals surface area contributed by atoms with E-state index in [2.05, 4.69) is 10.4 Å². The van der Waals surface area contributed by atoms with Crippen molar-refractivity contribution in [2.24, 2.45) is 5.10 Å². The molecule has 0 spiro atoms. The van der Waals surface area contributed by atoms with Crippen molar-refractivity contribution in [3.63, 3.8) is 0 Å². The minimum Gasteiger partial charge on any atom is -0.383 e. The molecule has 7 nitrogen and oxygen atoms in total. The molecule has 0 aliphatic carbocycles. The molecular formula is C27H24N6O. The van der Waals surface area contributed by atoms with Gasteiger partial charge in [-0.3, -0.25) is 4.79 Å². The van der Waals surface area contributed by atoms with Crippen LogP contribution in [-0.4, -0.2) is 33.3 Å². The maximum atomic E-state index is 13.2. The molecule has 3 aromatic carbocycles. The minimum atomic E-state index is -0.299. The van der Waals surface area contributed by atoms with Crippen LogP contribution < -0.4 is 11.1 Å². The molecule has 7 heteroatoms. The van der Waals surface area contributed by atoms with Crippen molar-refractivity contribution >= 4 is 40.1 Å². The van der Waals surface area contributed by atoms with Crippen molar-refractivity contribution < 1.29 is 4.79 Å². The maximum absolute atomic E-state index is 13.2. The number of rotatable bonds is 6. The number of hydrogen-bond acceptors (Lipinski definition) is 5. The van der Waals surface area contributed by atoms with E-state index in [0.717, 1.165) is 16.7 Å². The zero-order valence-electron chi connectivity index (χ0n) is 18.8. The summed E-state index contributed by atoms with van der Waals surface area (Å²) < 4.78 is 1.49. The predicted octanol–water partition coefficient (Wildman–Crippen LogP) is 4.33. The van der Waals surface area contributed by atoms with Gasteiger partial charge in [0.15, 0.2) is 5.65 Å². The molecule has 0 bridgehead atoms. The topological polar surface area (TPSA) is 98.2 Å². The fraction of sp³-hybridized carbons (Fsp3) is 0.111. The van der Waals surface area contributed by atoms with Gasteiger partial charge in [-0.1, -0.05) is 72.3 Å². The second-order valence-corrected chi connectivity index (χ2v) is 8.11. The lowest BCUT2D eigenvalue weighted by molar-refractivity contribution is 0.0956. The average Bonchev–Trinajstić information content (AvgIpc) is 3.12. The number of fused-ring (bicyclic) bond motifs is 2. The zero-order chi connectivity index (χ0) is 23.5. The second kappa shape index (κ2) is 9.15. The van der Waals surface area contributed by atoms with E-state index < -0.39 is 0 Å². The van der Waals surface area contributed by atoms with Crippen LogP contribution in [0.25, 0.3) is 22.2 Å². The van der Waals surface area contributed by atoms with Crippen LogP contribution in [0, 0.1) is 6.92 Å². The Morgan fingerprint density at radius 1 is 1.00 bits per heavy atom. The highest BCUT2D eigenvalue weighted by atomic mass is 16.1. The molecule has 0 fully saturated rings. The van der Waals surface area contributed by atoms with Gasteiger partial charge in [-0.05, 0) is 36.6 Å². The van der Waals surface area contributed by atoms with Gasteiger partial charge in [0.1, 0.15) is 16.9 Å². The molecule has 5 aromatic rings. The molecule has 0 saturated carbocycles. The van der Waals surface area contributed by atoms with E-state index >= 15 is 0 Å². The molecule has 0 unspecified atom stereocenters. The number of nitrogens with zero attached hydrogens (tertiary/aromatic N) is 4. The quantitative estimate of drug-likeness (QED) is 0.378. The molecular weight excluding hydrogens is 424 g/mol. The lowest BCUT2D eigenvalue weighted by atomic mass is 10.1. The summed E-state index contributed by atoms with van der Waals surface area (Å²) in [6.07, 6.45) is 2.42. The minimum absolute atomic E-state index is 0.200. The van der Waals surface area contributed by atoms with Gasteiger partial charge in [-0.15, -0.1) is 0 Å². The van der Waals surface area contributed by atoms with Crippen LogP contribution in [0.3, 0.4) is 0 Å². The zero-order valence-corrected chi connectivity index (χ0v) is 18.8. The Hall–Kier alpha value is -4.52. The summed E-state index contributed by atoms with van der Waals surface area (Å²) in [4.78, 5) is 22.7. The Kier molecular flexibility index (Phi) is 5.74. The molecule has 0 saturated heterocycles. The monoisotopic (exact) mass is 448 g/mol. The summed E-state index contributed by atoms with van der Waals surface area (Å²) >= 11 is 0. The molecule has 5 rings (SSSR count). The number of anilines is 1. The van der Waals surface area contributed by atoms with Gasteiger partial charge in [0.05, 0.1) is 17.2 Å². The highest BCUT2D eigenvalue weighted by molar-refractivity contribution is 6.10. The predicted molar refractivity (Wildman–Crippen MR) is 136 cm³/mol. The first-order valence-electron chi connectivity index (χ1n) is 11.1. The second-order valence-electron chi connectivity index (χ2n) is 8.11. The Bertz CT molecular complexity index is 1520. The lowest BCUT2D eigenvalue weighted by Crippen LogP contribution is -2.26. The summed E-state index contributed by atoms with van der Waals surface area (Å²) in [6.45, 7) is 2.49. The van der Waals surface area contributed by atoms with Crippen molar-refractivity contribution in [1.29, 1.82) is 0 Å². The molecule has 34 heavy (non-hydrogen) atoms. The molecule has 168 valence electrons. The smallest absolute Gasteiger partial charge is 0.257 e. The maximum Gasteiger partial charge on any atom is 0.257 e. The number of amides is 1. The van der Waals surface area contributed by atoms with E-state index in [4.69, 9.17) is 15.7 Å². The number of nitrogens with one attached hydrogen (secondary N) is 1. The van der Waals surface area contributed by atoms with E-state index in [1.165, 1.54) is 4.68 Å². The molecule has 2 aromatic heterocycles. The molecule has 0 aliphatic rings.